The van der Waals surface area contributed by atoms with E-state index in [4.69, 9.17) is 6.42 Å². The highest BCUT2D eigenvalue weighted by Crippen LogP contribution is 2.22. The van der Waals surface area contributed by atoms with Gasteiger partial charge in [0.05, 0.1) is 6.54 Å². The Morgan fingerprint density at radius 2 is 2.29 bits per heavy atom. The predicted molar refractivity (Wildman–Crippen MR) is 70.3 cm³/mol. The topological polar surface area (TPSA) is 49.4 Å². The van der Waals surface area contributed by atoms with Crippen LogP contribution in [0.1, 0.15) is 12.5 Å². The maximum absolute atomic E-state index is 12.0. The van der Waals surface area contributed by atoms with Crippen LogP contribution in [0.4, 0.5) is 0 Å². The fourth-order valence-corrected chi connectivity index (χ4v) is 3.72. The van der Waals surface area contributed by atoms with Gasteiger partial charge in [-0.05, 0) is 23.6 Å². The molecule has 1 aromatic rings. The molecule has 94 valence electrons. The second kappa shape index (κ2) is 6.17. The first-order valence-corrected chi connectivity index (χ1v) is 7.52. The summed E-state index contributed by atoms with van der Waals surface area (Å²) in [7, 11) is -1.94. The van der Waals surface area contributed by atoms with Crippen LogP contribution >= 0.6 is 11.3 Å². The lowest BCUT2D eigenvalue weighted by Gasteiger charge is -2.12. The van der Waals surface area contributed by atoms with E-state index in [2.05, 4.69) is 11.2 Å². The molecule has 17 heavy (non-hydrogen) atoms. The number of hydrogen-bond acceptors (Lipinski definition) is 4. The highest BCUT2D eigenvalue weighted by molar-refractivity contribution is 7.91. The summed E-state index contributed by atoms with van der Waals surface area (Å²) in [6.45, 7) is 3.63. The van der Waals surface area contributed by atoms with Gasteiger partial charge in [0.25, 0.3) is 10.0 Å². The number of nitrogens with one attached hydrogen (secondary N) is 1. The summed E-state index contributed by atoms with van der Waals surface area (Å²) in [5.41, 5.74) is 0.976. The van der Waals surface area contributed by atoms with Crippen LogP contribution in [0.5, 0.6) is 0 Å². The molecule has 0 unspecified atom stereocenters. The van der Waals surface area contributed by atoms with Crippen LogP contribution in [0, 0.1) is 12.3 Å². The van der Waals surface area contributed by atoms with Gasteiger partial charge in [-0.3, -0.25) is 0 Å². The summed E-state index contributed by atoms with van der Waals surface area (Å²) in [5, 5.41) is 5.00. The van der Waals surface area contributed by atoms with Crippen molar-refractivity contribution >= 4 is 21.4 Å². The normalized spacial score (nSPS) is 11.6. The molecule has 0 radical (unpaired) electrons. The quantitative estimate of drug-likeness (QED) is 0.789. The molecule has 1 N–H and O–H groups in total. The highest BCUT2D eigenvalue weighted by atomic mass is 32.2. The molecule has 0 saturated carbocycles. The fraction of sp³-hybridized carbons (Fsp3) is 0.455. The maximum atomic E-state index is 12.0. The van der Waals surface area contributed by atoms with Crippen LogP contribution in [0.25, 0.3) is 0 Å². The van der Waals surface area contributed by atoms with Crippen LogP contribution < -0.4 is 5.32 Å². The minimum absolute atomic E-state index is 0.0861. The van der Waals surface area contributed by atoms with Crippen molar-refractivity contribution in [3.8, 4) is 12.3 Å². The lowest BCUT2D eigenvalue weighted by Crippen LogP contribution is -2.26. The van der Waals surface area contributed by atoms with Crippen molar-refractivity contribution in [1.29, 1.82) is 0 Å². The third-order valence-corrected chi connectivity index (χ3v) is 5.45. The van der Waals surface area contributed by atoms with Crippen molar-refractivity contribution in [3.05, 3.63) is 17.0 Å². The van der Waals surface area contributed by atoms with Gasteiger partial charge in [-0.2, -0.15) is 4.31 Å². The average Bonchev–Trinajstić information content (AvgIpc) is 2.75. The zero-order valence-corrected chi connectivity index (χ0v) is 11.6. The second-order valence-electron chi connectivity index (χ2n) is 3.52. The number of nitrogens with zero attached hydrogens (tertiary/aromatic N) is 1. The molecule has 1 aromatic heterocycles. The number of terminal acetylenes is 1. The smallest absolute Gasteiger partial charge is 0.253 e. The summed E-state index contributed by atoms with van der Waals surface area (Å²) in [6, 6.07) is 1.69. The molecule has 1 rings (SSSR count). The van der Waals surface area contributed by atoms with E-state index in [1.54, 1.807) is 6.07 Å². The van der Waals surface area contributed by atoms with Gasteiger partial charge < -0.3 is 5.32 Å². The lowest BCUT2D eigenvalue weighted by atomic mass is 10.3. The van der Waals surface area contributed by atoms with Crippen molar-refractivity contribution in [2.24, 2.45) is 0 Å². The average molecular weight is 272 g/mol. The van der Waals surface area contributed by atoms with Gasteiger partial charge in [0.2, 0.25) is 0 Å². The SMILES string of the molecule is C#CCN(C)S(=O)(=O)c1cc(CNCC)cs1. The Hall–Kier alpha value is -0.870. The summed E-state index contributed by atoms with van der Waals surface area (Å²) in [5.74, 6) is 2.32. The minimum atomic E-state index is -3.42. The molecule has 0 atom stereocenters. The van der Waals surface area contributed by atoms with E-state index >= 15 is 0 Å². The zero-order valence-electron chi connectivity index (χ0n) is 9.93. The Bertz CT molecular complexity index is 500. The molecule has 0 fully saturated rings. The molecule has 0 spiro atoms. The number of sulfonamides is 1. The molecule has 0 aliphatic carbocycles. The number of thiophene rings is 1. The van der Waals surface area contributed by atoms with Crippen LogP contribution in [-0.2, 0) is 16.6 Å². The summed E-state index contributed by atoms with van der Waals surface area (Å²) < 4.78 is 25.6. The van der Waals surface area contributed by atoms with E-state index in [9.17, 15) is 8.42 Å². The summed E-state index contributed by atoms with van der Waals surface area (Å²) in [4.78, 5) is 0. The van der Waals surface area contributed by atoms with Crippen molar-refractivity contribution in [2.75, 3.05) is 20.1 Å². The van der Waals surface area contributed by atoms with Gasteiger partial charge in [0.1, 0.15) is 4.21 Å². The monoisotopic (exact) mass is 272 g/mol. The molecule has 0 amide bonds. The van der Waals surface area contributed by atoms with E-state index in [1.165, 1.54) is 22.7 Å². The lowest BCUT2D eigenvalue weighted by molar-refractivity contribution is 0.505. The van der Waals surface area contributed by atoms with E-state index < -0.39 is 10.0 Å². The zero-order chi connectivity index (χ0) is 12.9. The predicted octanol–water partition coefficient (Wildman–Crippen LogP) is 1.11. The van der Waals surface area contributed by atoms with Gasteiger partial charge in [0, 0.05) is 13.6 Å². The highest BCUT2D eigenvalue weighted by Gasteiger charge is 2.21. The van der Waals surface area contributed by atoms with Gasteiger partial charge in [-0.15, -0.1) is 17.8 Å². The molecule has 0 aliphatic heterocycles. The third kappa shape index (κ3) is 3.54. The van der Waals surface area contributed by atoms with Crippen LogP contribution in [-0.4, -0.2) is 32.9 Å². The van der Waals surface area contributed by atoms with Crippen LogP contribution in [0.15, 0.2) is 15.7 Å². The first-order valence-electron chi connectivity index (χ1n) is 5.20. The van der Waals surface area contributed by atoms with Crippen molar-refractivity contribution in [2.45, 2.75) is 17.7 Å². The number of hydrogen-bond donors (Lipinski definition) is 1. The second-order valence-corrected chi connectivity index (χ2v) is 6.70. The largest absolute Gasteiger partial charge is 0.313 e. The molecule has 4 nitrogen and oxygen atoms in total. The molecule has 0 aliphatic rings. The Balaban J connectivity index is 2.86. The first kappa shape index (κ1) is 14.2. The van der Waals surface area contributed by atoms with Gasteiger partial charge >= 0.3 is 0 Å². The van der Waals surface area contributed by atoms with E-state index in [0.29, 0.717) is 10.8 Å². The van der Waals surface area contributed by atoms with Gasteiger partial charge in [-0.1, -0.05) is 12.8 Å². The van der Waals surface area contributed by atoms with E-state index in [0.717, 1.165) is 12.1 Å². The van der Waals surface area contributed by atoms with E-state index in [-0.39, 0.29) is 6.54 Å². The maximum Gasteiger partial charge on any atom is 0.253 e. The molecular weight excluding hydrogens is 256 g/mol. The molecule has 0 saturated heterocycles. The Kier molecular flexibility index (Phi) is 5.15. The number of rotatable bonds is 6. The first-order chi connectivity index (χ1) is 8.02. The van der Waals surface area contributed by atoms with Crippen molar-refractivity contribution < 1.29 is 8.42 Å². The van der Waals surface area contributed by atoms with Gasteiger partial charge in [-0.25, -0.2) is 8.42 Å². The third-order valence-electron chi connectivity index (χ3n) is 2.19. The van der Waals surface area contributed by atoms with Gasteiger partial charge in [0.15, 0.2) is 0 Å². The van der Waals surface area contributed by atoms with Crippen LogP contribution in [0.3, 0.4) is 0 Å². The van der Waals surface area contributed by atoms with E-state index in [1.807, 2.05) is 12.3 Å². The standard InChI is InChI=1S/C11H16N2O2S2/c1-4-6-13(3)17(14,15)11-7-10(9-16-11)8-12-5-2/h1,7,9,12H,5-6,8H2,2-3H3. The Morgan fingerprint density at radius 1 is 1.59 bits per heavy atom. The molecule has 0 aromatic carbocycles. The summed E-state index contributed by atoms with van der Waals surface area (Å²) in [6.07, 6.45) is 5.11. The molecule has 1 heterocycles. The molecule has 0 bridgehead atoms. The molecular formula is C11H16N2O2S2. The Labute approximate surface area is 107 Å². The van der Waals surface area contributed by atoms with Crippen molar-refractivity contribution in [1.82, 2.24) is 9.62 Å². The van der Waals surface area contributed by atoms with Crippen LogP contribution in [0.2, 0.25) is 0 Å². The summed E-state index contributed by atoms with van der Waals surface area (Å²) >= 11 is 1.22. The fourth-order valence-electron chi connectivity index (χ4n) is 1.22. The van der Waals surface area contributed by atoms with Crippen molar-refractivity contribution in [3.63, 3.8) is 0 Å². The molecule has 6 heteroatoms. The Morgan fingerprint density at radius 3 is 2.88 bits per heavy atom. The minimum Gasteiger partial charge on any atom is -0.313 e.